The Morgan fingerprint density at radius 3 is 2.14 bits per heavy atom. The summed E-state index contributed by atoms with van der Waals surface area (Å²) in [5.74, 6) is -4.83. The van der Waals surface area contributed by atoms with Crippen molar-refractivity contribution in [3.63, 3.8) is 0 Å². The highest BCUT2D eigenvalue weighted by Gasteiger charge is 2.39. The molecule has 0 spiro atoms. The SMILES string of the molecule is CC[C@H](C)[C@H](N)C(=O)NCC(=O)N[C@@H](Cc1ccccc1)C(=O)N1CCC[C@@H]1C(=O)NCCCNc1cccc2c1C(=O)c1ccccc1C2=O.O=C(O)C(F)(F)F. The number of carbonyl (C=O) groups is 7. The third-order valence-corrected chi connectivity index (χ3v) is 9.90. The van der Waals surface area contributed by atoms with Crippen molar-refractivity contribution >= 4 is 46.9 Å². The van der Waals surface area contributed by atoms with E-state index in [0.29, 0.717) is 73.3 Å². The number of carboxylic acid groups (broad SMARTS) is 1. The normalized spacial score (nSPS) is 16.0. The maximum Gasteiger partial charge on any atom is 0.490 e. The van der Waals surface area contributed by atoms with Crippen molar-refractivity contribution in [3.05, 3.63) is 101 Å². The van der Waals surface area contributed by atoms with E-state index in [2.05, 4.69) is 21.3 Å². The second kappa shape index (κ2) is 20.4. The highest BCUT2D eigenvalue weighted by Crippen LogP contribution is 2.32. The Bertz CT molecular complexity index is 1990. The summed E-state index contributed by atoms with van der Waals surface area (Å²) in [6, 6.07) is 18.8. The molecular weight excluding hydrogens is 761 g/mol. The molecule has 2 aliphatic rings. The Labute approximate surface area is 333 Å². The molecule has 4 atom stereocenters. The van der Waals surface area contributed by atoms with E-state index in [1.807, 2.05) is 44.2 Å². The number of halogens is 3. The van der Waals surface area contributed by atoms with Crippen LogP contribution in [0.25, 0.3) is 0 Å². The maximum absolute atomic E-state index is 13.9. The summed E-state index contributed by atoms with van der Waals surface area (Å²) in [5.41, 5.74) is 8.87. The Balaban J connectivity index is 0.000000973. The molecule has 7 N–H and O–H groups in total. The number of benzene rings is 3. The number of nitrogens with zero attached hydrogens (tertiary/aromatic N) is 1. The summed E-state index contributed by atoms with van der Waals surface area (Å²) in [6.07, 6.45) is -2.51. The fourth-order valence-electron chi connectivity index (χ4n) is 6.53. The number of hydrogen-bond acceptors (Lipinski definition) is 9. The predicted molar refractivity (Wildman–Crippen MR) is 207 cm³/mol. The fraction of sp³-hybridized carbons (Fsp3) is 0.390. The van der Waals surface area contributed by atoms with E-state index in [1.165, 1.54) is 4.90 Å². The first-order valence-corrected chi connectivity index (χ1v) is 18.8. The minimum absolute atomic E-state index is 0.0551. The van der Waals surface area contributed by atoms with Gasteiger partial charge in [0.2, 0.25) is 23.6 Å². The highest BCUT2D eigenvalue weighted by molar-refractivity contribution is 6.30. The zero-order chi connectivity index (χ0) is 42.6. The van der Waals surface area contributed by atoms with Crippen LogP contribution in [0.3, 0.4) is 0 Å². The molecule has 17 heteroatoms. The number of anilines is 1. The molecule has 0 saturated carbocycles. The van der Waals surface area contributed by atoms with Gasteiger partial charge in [-0.2, -0.15) is 13.2 Å². The van der Waals surface area contributed by atoms with Gasteiger partial charge >= 0.3 is 12.1 Å². The van der Waals surface area contributed by atoms with E-state index in [4.69, 9.17) is 15.6 Å². The van der Waals surface area contributed by atoms with Crippen LogP contribution in [0, 0.1) is 5.92 Å². The molecule has 0 bridgehead atoms. The van der Waals surface area contributed by atoms with Crippen molar-refractivity contribution < 1.29 is 51.8 Å². The Hall–Kier alpha value is -6.10. The second-order valence-electron chi connectivity index (χ2n) is 13.9. The lowest BCUT2D eigenvalue weighted by atomic mass is 9.83. The Kier molecular flexibility index (Phi) is 15.7. The summed E-state index contributed by atoms with van der Waals surface area (Å²) in [6.45, 7) is 4.58. The molecule has 3 aromatic rings. The van der Waals surface area contributed by atoms with Gasteiger partial charge in [0.25, 0.3) is 0 Å². The van der Waals surface area contributed by atoms with Crippen molar-refractivity contribution in [1.82, 2.24) is 20.9 Å². The lowest BCUT2D eigenvalue weighted by Crippen LogP contribution is -2.56. The van der Waals surface area contributed by atoms with Crippen molar-refractivity contribution in [2.24, 2.45) is 11.7 Å². The summed E-state index contributed by atoms with van der Waals surface area (Å²) < 4.78 is 31.7. The van der Waals surface area contributed by atoms with E-state index < -0.39 is 42.1 Å². The fourth-order valence-corrected chi connectivity index (χ4v) is 6.53. The standard InChI is InChI=1S/C39H46N6O6.C2HF3O2/c1-3-24(2)34(40)38(50)43-23-32(46)44-30(22-25-12-5-4-6-13-25)39(51)45-21-10-18-31(45)37(49)42-20-11-19-41-29-17-9-16-28-33(29)36(48)27-15-8-7-14-26(27)35(28)47;3-2(4,5)1(6)7/h4-9,12-17,24,30-31,34,41H,3,10-11,18-23,40H2,1-2H3,(H,42,49)(H,43,50)(H,44,46);(H,6,7)/t24-,30-,31+,34-;/m0./s1. The molecule has 1 heterocycles. The van der Waals surface area contributed by atoms with Gasteiger partial charge in [0.15, 0.2) is 11.6 Å². The molecule has 1 fully saturated rings. The van der Waals surface area contributed by atoms with Gasteiger partial charge < -0.3 is 37.0 Å². The third-order valence-electron chi connectivity index (χ3n) is 9.90. The van der Waals surface area contributed by atoms with Crippen LogP contribution in [-0.4, -0.2) is 102 Å². The van der Waals surface area contributed by atoms with E-state index >= 15 is 0 Å². The molecule has 0 radical (unpaired) electrons. The van der Waals surface area contributed by atoms with Crippen LogP contribution >= 0.6 is 0 Å². The molecule has 1 aliphatic heterocycles. The van der Waals surface area contributed by atoms with Gasteiger partial charge in [-0.3, -0.25) is 28.8 Å². The Morgan fingerprint density at radius 1 is 0.879 bits per heavy atom. The number of alkyl halides is 3. The topological polar surface area (TPSA) is 217 Å². The first-order chi connectivity index (χ1) is 27.5. The van der Waals surface area contributed by atoms with Gasteiger partial charge in [-0.05, 0) is 36.8 Å². The monoisotopic (exact) mass is 808 g/mol. The first-order valence-electron chi connectivity index (χ1n) is 18.8. The number of carbonyl (C=O) groups excluding carboxylic acids is 6. The lowest BCUT2D eigenvalue weighted by Gasteiger charge is -2.29. The number of rotatable bonds is 15. The number of amides is 4. The number of hydrogen-bond donors (Lipinski definition) is 6. The van der Waals surface area contributed by atoms with Gasteiger partial charge in [0.1, 0.15) is 12.1 Å². The number of carboxylic acids is 1. The first kappa shape index (κ1) is 44.6. The van der Waals surface area contributed by atoms with Crippen LogP contribution in [0.15, 0.2) is 72.8 Å². The van der Waals surface area contributed by atoms with Crippen molar-refractivity contribution in [2.45, 2.75) is 70.3 Å². The Morgan fingerprint density at radius 2 is 1.50 bits per heavy atom. The van der Waals surface area contributed by atoms with E-state index in [-0.39, 0.29) is 42.3 Å². The van der Waals surface area contributed by atoms with Gasteiger partial charge in [0, 0.05) is 48.4 Å². The van der Waals surface area contributed by atoms with E-state index in [0.717, 1.165) is 5.56 Å². The number of nitrogens with one attached hydrogen (secondary N) is 4. The maximum atomic E-state index is 13.9. The number of fused-ring (bicyclic) bond motifs is 2. The third kappa shape index (κ3) is 11.5. The molecule has 1 aliphatic carbocycles. The molecule has 1 saturated heterocycles. The summed E-state index contributed by atoms with van der Waals surface area (Å²) in [4.78, 5) is 89.4. The number of nitrogens with two attached hydrogens (primary N) is 1. The van der Waals surface area contributed by atoms with Gasteiger partial charge in [-0.25, -0.2) is 4.79 Å². The van der Waals surface area contributed by atoms with Crippen molar-refractivity contribution in [1.29, 1.82) is 0 Å². The summed E-state index contributed by atoms with van der Waals surface area (Å²) >= 11 is 0. The smallest absolute Gasteiger partial charge is 0.475 e. The average Bonchev–Trinajstić information content (AvgIpc) is 3.71. The van der Waals surface area contributed by atoms with E-state index in [9.17, 15) is 41.9 Å². The average molecular weight is 809 g/mol. The van der Waals surface area contributed by atoms with Crippen molar-refractivity contribution in [2.75, 3.05) is 31.5 Å². The molecule has 14 nitrogen and oxygen atoms in total. The summed E-state index contributed by atoms with van der Waals surface area (Å²) in [5, 5.41) is 18.7. The van der Waals surface area contributed by atoms with Crippen LogP contribution in [-0.2, 0) is 30.4 Å². The number of ketones is 2. The number of likely N-dealkylation sites (tertiary alicyclic amines) is 1. The van der Waals surface area contributed by atoms with Gasteiger partial charge in [-0.15, -0.1) is 0 Å². The minimum atomic E-state index is -5.08. The zero-order valence-corrected chi connectivity index (χ0v) is 32.1. The molecule has 310 valence electrons. The molecule has 3 aromatic carbocycles. The van der Waals surface area contributed by atoms with E-state index in [1.54, 1.807) is 42.5 Å². The van der Waals surface area contributed by atoms with Gasteiger partial charge in [0.05, 0.1) is 18.2 Å². The van der Waals surface area contributed by atoms with Crippen LogP contribution in [0.1, 0.15) is 76.9 Å². The number of aliphatic carboxylic acids is 1. The van der Waals surface area contributed by atoms with Crippen LogP contribution in [0.2, 0.25) is 0 Å². The van der Waals surface area contributed by atoms with Crippen LogP contribution in [0.4, 0.5) is 18.9 Å². The quantitative estimate of drug-likeness (QED) is 0.0965. The molecule has 0 aromatic heterocycles. The molecule has 4 amide bonds. The lowest BCUT2D eigenvalue weighted by molar-refractivity contribution is -0.192. The molecule has 5 rings (SSSR count). The molecule has 58 heavy (non-hydrogen) atoms. The minimum Gasteiger partial charge on any atom is -0.475 e. The highest BCUT2D eigenvalue weighted by atomic mass is 19.4. The van der Waals surface area contributed by atoms with Gasteiger partial charge in [-0.1, -0.05) is 87.0 Å². The molecular formula is C41H47F3N6O8. The molecule has 0 unspecified atom stereocenters. The zero-order valence-electron chi connectivity index (χ0n) is 32.1. The van der Waals surface area contributed by atoms with Crippen LogP contribution < -0.4 is 27.0 Å². The van der Waals surface area contributed by atoms with Crippen molar-refractivity contribution in [3.8, 4) is 0 Å². The largest absolute Gasteiger partial charge is 0.490 e. The second-order valence-corrected chi connectivity index (χ2v) is 13.9. The summed E-state index contributed by atoms with van der Waals surface area (Å²) in [7, 11) is 0. The predicted octanol–water partition coefficient (Wildman–Crippen LogP) is 3.22. The van der Waals surface area contributed by atoms with Crippen LogP contribution in [0.5, 0.6) is 0 Å².